The van der Waals surface area contributed by atoms with E-state index in [4.69, 9.17) is 5.73 Å². The summed E-state index contributed by atoms with van der Waals surface area (Å²) in [6.45, 7) is 4.99. The Balaban J connectivity index is 0.00000324. The molecular weight excluding hydrogens is 260 g/mol. The van der Waals surface area contributed by atoms with Crippen LogP contribution in [0.2, 0.25) is 0 Å². The molecule has 114 valence electrons. The highest BCUT2D eigenvalue weighted by Gasteiger charge is 2.27. The lowest BCUT2D eigenvalue weighted by Crippen LogP contribution is -2.46. The summed E-state index contributed by atoms with van der Waals surface area (Å²) in [5.41, 5.74) is 5.81. The zero-order valence-electron chi connectivity index (χ0n) is 12.5. The Labute approximate surface area is 124 Å². The number of rotatable bonds is 7. The number of nitrogens with one attached hydrogen (secondary N) is 1. The van der Waals surface area contributed by atoms with E-state index < -0.39 is 0 Å². The number of carbonyl (C=O) groups is 1. The molecule has 0 aromatic carbocycles. The molecule has 1 rings (SSSR count). The molecule has 0 heterocycles. The van der Waals surface area contributed by atoms with Crippen LogP contribution in [0, 0.1) is 11.8 Å². The lowest BCUT2D eigenvalue weighted by atomic mass is 9.84. The Hall–Kier alpha value is -0.280. The molecule has 0 aliphatic heterocycles. The summed E-state index contributed by atoms with van der Waals surface area (Å²) in [5.74, 6) is 0.952. The Bertz CT molecular complexity index is 248. The van der Waals surface area contributed by atoms with E-state index in [1.54, 1.807) is 0 Å². The van der Waals surface area contributed by atoms with Crippen molar-refractivity contribution in [2.45, 2.75) is 71.3 Å². The van der Waals surface area contributed by atoms with Gasteiger partial charge < -0.3 is 11.1 Å². The molecule has 1 aliphatic rings. The number of hydrogen-bond donors (Lipinski definition) is 2. The molecule has 1 saturated carbocycles. The van der Waals surface area contributed by atoms with E-state index in [9.17, 15) is 4.79 Å². The van der Waals surface area contributed by atoms with Gasteiger partial charge >= 0.3 is 0 Å². The first-order valence-corrected chi connectivity index (χ1v) is 7.73. The molecule has 3 nitrogen and oxygen atoms in total. The summed E-state index contributed by atoms with van der Waals surface area (Å²) in [6.07, 6.45) is 9.07. The minimum absolute atomic E-state index is 0. The van der Waals surface area contributed by atoms with Gasteiger partial charge in [0.1, 0.15) is 0 Å². The second-order valence-corrected chi connectivity index (χ2v) is 5.64. The van der Waals surface area contributed by atoms with Crippen molar-refractivity contribution < 1.29 is 4.79 Å². The molecule has 1 aliphatic carbocycles. The molecule has 1 amide bonds. The van der Waals surface area contributed by atoms with E-state index in [1.807, 2.05) is 0 Å². The van der Waals surface area contributed by atoms with Crippen molar-refractivity contribution in [3.63, 3.8) is 0 Å². The smallest absolute Gasteiger partial charge is 0.223 e. The van der Waals surface area contributed by atoms with Gasteiger partial charge in [-0.25, -0.2) is 0 Å². The Kier molecular flexibility index (Phi) is 10.3. The third-order valence-electron chi connectivity index (χ3n) is 4.31. The van der Waals surface area contributed by atoms with Crippen molar-refractivity contribution >= 4 is 18.3 Å². The fraction of sp³-hybridized carbons (Fsp3) is 0.933. The Morgan fingerprint density at radius 3 is 2.58 bits per heavy atom. The van der Waals surface area contributed by atoms with Gasteiger partial charge in [0.15, 0.2) is 0 Å². The third kappa shape index (κ3) is 6.13. The van der Waals surface area contributed by atoms with Gasteiger partial charge in [0.25, 0.3) is 0 Å². The number of unbranched alkanes of at least 4 members (excludes halogenated alkanes) is 1. The minimum Gasteiger partial charge on any atom is -0.353 e. The molecule has 0 bridgehead atoms. The van der Waals surface area contributed by atoms with Gasteiger partial charge in [0, 0.05) is 12.0 Å². The van der Waals surface area contributed by atoms with Gasteiger partial charge in [-0.2, -0.15) is 0 Å². The predicted octanol–water partition coefficient (Wildman–Crippen LogP) is 3.26. The number of carbonyl (C=O) groups excluding carboxylic acids is 1. The first kappa shape index (κ1) is 18.7. The number of halogens is 1. The maximum absolute atomic E-state index is 12.3. The van der Waals surface area contributed by atoms with Crippen LogP contribution in [0.5, 0.6) is 0 Å². The average molecular weight is 291 g/mol. The van der Waals surface area contributed by atoms with Gasteiger partial charge in [-0.15, -0.1) is 12.4 Å². The van der Waals surface area contributed by atoms with Crippen molar-refractivity contribution in [1.82, 2.24) is 5.32 Å². The molecular formula is C15H31ClN2O. The molecule has 1 fully saturated rings. The second-order valence-electron chi connectivity index (χ2n) is 5.64. The molecule has 3 N–H and O–H groups in total. The van der Waals surface area contributed by atoms with Gasteiger partial charge in [0.2, 0.25) is 5.91 Å². The number of hydrogen-bond acceptors (Lipinski definition) is 2. The van der Waals surface area contributed by atoms with Crippen LogP contribution in [-0.4, -0.2) is 18.5 Å². The third-order valence-corrected chi connectivity index (χ3v) is 4.31. The SMILES string of the molecule is CCCCC(CC)C(=O)NC1CCCCC1CN.Cl. The van der Waals surface area contributed by atoms with Crippen LogP contribution in [0.1, 0.15) is 65.2 Å². The average Bonchev–Trinajstić information content (AvgIpc) is 2.40. The maximum atomic E-state index is 12.3. The first-order valence-electron chi connectivity index (χ1n) is 7.73. The van der Waals surface area contributed by atoms with Crippen molar-refractivity contribution in [1.29, 1.82) is 0 Å². The predicted molar refractivity (Wildman–Crippen MR) is 83.5 cm³/mol. The van der Waals surface area contributed by atoms with Crippen LogP contribution in [0.3, 0.4) is 0 Å². The van der Waals surface area contributed by atoms with Crippen molar-refractivity contribution in [3.05, 3.63) is 0 Å². The van der Waals surface area contributed by atoms with Crippen LogP contribution in [0.4, 0.5) is 0 Å². The van der Waals surface area contributed by atoms with Crippen LogP contribution < -0.4 is 11.1 Å². The highest BCUT2D eigenvalue weighted by Crippen LogP contribution is 2.24. The van der Waals surface area contributed by atoms with Crippen LogP contribution >= 0.6 is 12.4 Å². The highest BCUT2D eigenvalue weighted by atomic mass is 35.5. The standard InChI is InChI=1S/C15H30N2O.ClH/c1-3-5-8-12(4-2)15(18)17-14-10-7-6-9-13(14)11-16;/h12-14H,3-11,16H2,1-2H3,(H,17,18);1H. The van der Waals surface area contributed by atoms with Crippen molar-refractivity contribution in [2.24, 2.45) is 17.6 Å². The van der Waals surface area contributed by atoms with Crippen molar-refractivity contribution in [2.75, 3.05) is 6.54 Å². The molecule has 0 aromatic heterocycles. The van der Waals surface area contributed by atoms with Crippen molar-refractivity contribution in [3.8, 4) is 0 Å². The normalized spacial score (nSPS) is 24.4. The number of amides is 1. The maximum Gasteiger partial charge on any atom is 0.223 e. The molecule has 19 heavy (non-hydrogen) atoms. The fourth-order valence-corrected chi connectivity index (χ4v) is 2.95. The molecule has 0 saturated heterocycles. The zero-order valence-corrected chi connectivity index (χ0v) is 13.3. The van der Waals surface area contributed by atoms with Gasteiger partial charge in [-0.3, -0.25) is 4.79 Å². The monoisotopic (exact) mass is 290 g/mol. The molecule has 0 radical (unpaired) electrons. The van der Waals surface area contributed by atoms with Gasteiger partial charge in [-0.05, 0) is 38.1 Å². The summed E-state index contributed by atoms with van der Waals surface area (Å²) >= 11 is 0. The summed E-state index contributed by atoms with van der Waals surface area (Å²) in [7, 11) is 0. The van der Waals surface area contributed by atoms with E-state index in [-0.39, 0.29) is 24.2 Å². The van der Waals surface area contributed by atoms with E-state index in [0.29, 0.717) is 18.5 Å². The van der Waals surface area contributed by atoms with E-state index in [2.05, 4.69) is 19.2 Å². The van der Waals surface area contributed by atoms with Crippen LogP contribution in [0.25, 0.3) is 0 Å². The quantitative estimate of drug-likeness (QED) is 0.756. The zero-order chi connectivity index (χ0) is 13.4. The summed E-state index contributed by atoms with van der Waals surface area (Å²) in [4.78, 5) is 12.3. The van der Waals surface area contributed by atoms with Crippen LogP contribution in [0.15, 0.2) is 0 Å². The topological polar surface area (TPSA) is 55.1 Å². The highest BCUT2D eigenvalue weighted by molar-refractivity contribution is 5.85. The summed E-state index contributed by atoms with van der Waals surface area (Å²) in [6, 6.07) is 0.326. The van der Waals surface area contributed by atoms with E-state index in [0.717, 1.165) is 25.7 Å². The van der Waals surface area contributed by atoms with E-state index >= 15 is 0 Å². The minimum atomic E-state index is 0. The lowest BCUT2D eigenvalue weighted by Gasteiger charge is -2.32. The largest absolute Gasteiger partial charge is 0.353 e. The molecule has 0 aromatic rings. The molecule has 4 heteroatoms. The van der Waals surface area contributed by atoms with Gasteiger partial charge in [0.05, 0.1) is 0 Å². The van der Waals surface area contributed by atoms with Gasteiger partial charge in [-0.1, -0.05) is 39.5 Å². The fourth-order valence-electron chi connectivity index (χ4n) is 2.95. The molecule has 0 spiro atoms. The van der Waals surface area contributed by atoms with Crippen LogP contribution in [-0.2, 0) is 4.79 Å². The molecule has 3 unspecified atom stereocenters. The lowest BCUT2D eigenvalue weighted by molar-refractivity contribution is -0.126. The summed E-state index contributed by atoms with van der Waals surface area (Å²) in [5, 5.41) is 3.26. The van der Waals surface area contributed by atoms with E-state index in [1.165, 1.54) is 25.7 Å². The Morgan fingerprint density at radius 1 is 1.32 bits per heavy atom. The molecule has 3 atom stereocenters. The Morgan fingerprint density at radius 2 is 2.00 bits per heavy atom. The summed E-state index contributed by atoms with van der Waals surface area (Å²) < 4.78 is 0. The first-order chi connectivity index (χ1) is 8.72. The second kappa shape index (κ2) is 10.5. The number of nitrogens with two attached hydrogens (primary N) is 1.